The van der Waals surface area contributed by atoms with Crippen LogP contribution in [0.15, 0.2) is 47.4 Å². The molecule has 8 heteroatoms. The number of likely N-dealkylation sites (N-methyl/N-ethyl adjacent to an activating group) is 1. The third-order valence-corrected chi connectivity index (χ3v) is 4.76. The number of morpholine rings is 1. The molecular weight excluding hydrogens is 346 g/mol. The van der Waals surface area contributed by atoms with E-state index in [9.17, 15) is 4.79 Å². The molecule has 3 aromatic rings. The van der Waals surface area contributed by atoms with Gasteiger partial charge in [-0.2, -0.15) is 0 Å². The van der Waals surface area contributed by atoms with Gasteiger partial charge in [0, 0.05) is 39.1 Å². The highest BCUT2D eigenvalue weighted by Crippen LogP contribution is 2.24. The summed E-state index contributed by atoms with van der Waals surface area (Å²) in [6.45, 7) is 3.17. The zero-order chi connectivity index (χ0) is 18.6. The smallest absolute Gasteiger partial charge is 0.244 e. The highest BCUT2D eigenvalue weighted by atomic mass is 16.6. The maximum absolute atomic E-state index is 13.3. The Morgan fingerprint density at radius 1 is 1.22 bits per heavy atom. The van der Waals surface area contributed by atoms with E-state index in [4.69, 9.17) is 9.37 Å². The Morgan fingerprint density at radius 2 is 2.04 bits per heavy atom. The van der Waals surface area contributed by atoms with E-state index < -0.39 is 0 Å². The molecule has 0 saturated carbocycles. The van der Waals surface area contributed by atoms with Crippen LogP contribution in [0.3, 0.4) is 0 Å². The van der Waals surface area contributed by atoms with Crippen LogP contribution < -0.4 is 0 Å². The minimum Gasteiger partial charge on any atom is -0.379 e. The second-order valence-corrected chi connectivity index (χ2v) is 6.62. The fourth-order valence-electron chi connectivity index (χ4n) is 3.37. The first kappa shape index (κ1) is 17.6. The van der Waals surface area contributed by atoms with Gasteiger partial charge in [0.15, 0.2) is 0 Å². The van der Waals surface area contributed by atoms with Crippen LogP contribution in [-0.2, 0) is 16.1 Å². The van der Waals surface area contributed by atoms with E-state index in [1.807, 2.05) is 37.4 Å². The van der Waals surface area contributed by atoms with Gasteiger partial charge < -0.3 is 9.64 Å². The summed E-state index contributed by atoms with van der Waals surface area (Å²) in [5.41, 5.74) is 3.26. The number of carbonyl (C=O) groups is 1. The van der Waals surface area contributed by atoms with Gasteiger partial charge in [0.2, 0.25) is 5.91 Å². The van der Waals surface area contributed by atoms with Crippen molar-refractivity contribution in [3.63, 3.8) is 0 Å². The summed E-state index contributed by atoms with van der Waals surface area (Å²) in [7, 11) is 1.82. The zero-order valence-electron chi connectivity index (χ0n) is 15.1. The van der Waals surface area contributed by atoms with Crippen LogP contribution in [0, 0.1) is 0 Å². The highest BCUT2D eigenvalue weighted by molar-refractivity contribution is 5.83. The largest absolute Gasteiger partial charge is 0.379 e. The van der Waals surface area contributed by atoms with Crippen molar-refractivity contribution in [3.8, 4) is 0 Å². The third kappa shape index (κ3) is 3.81. The number of amides is 1. The number of carbonyl (C=O) groups excluding carboxylic acids is 1. The fraction of sp³-hybridized carbons (Fsp3) is 0.368. The minimum atomic E-state index is -0.370. The van der Waals surface area contributed by atoms with Gasteiger partial charge in [-0.15, -0.1) is 0 Å². The number of fused-ring (bicyclic) bond motifs is 1. The van der Waals surface area contributed by atoms with Crippen LogP contribution >= 0.6 is 0 Å². The number of hydrogen-bond acceptors (Lipinski definition) is 7. The van der Waals surface area contributed by atoms with E-state index >= 15 is 0 Å². The molecule has 2 aromatic heterocycles. The van der Waals surface area contributed by atoms with Crippen LogP contribution in [0.5, 0.6) is 0 Å². The maximum atomic E-state index is 13.3. The Balaban J connectivity index is 1.55. The molecule has 1 fully saturated rings. The van der Waals surface area contributed by atoms with Crippen molar-refractivity contribution in [3.05, 3.63) is 53.9 Å². The molecule has 0 spiro atoms. The Bertz CT molecular complexity index is 908. The lowest BCUT2D eigenvalue weighted by molar-refractivity contribution is -0.138. The normalized spacial score (nSPS) is 16.3. The van der Waals surface area contributed by atoms with Crippen molar-refractivity contribution in [2.45, 2.75) is 12.6 Å². The first-order chi connectivity index (χ1) is 13.2. The van der Waals surface area contributed by atoms with E-state index in [1.54, 1.807) is 17.3 Å². The minimum absolute atomic E-state index is 0.0308. The van der Waals surface area contributed by atoms with Crippen molar-refractivity contribution in [1.29, 1.82) is 0 Å². The van der Waals surface area contributed by atoms with Gasteiger partial charge in [-0.1, -0.05) is 12.1 Å². The predicted molar refractivity (Wildman–Crippen MR) is 97.6 cm³/mol. The van der Waals surface area contributed by atoms with Crippen molar-refractivity contribution in [1.82, 2.24) is 25.1 Å². The Kier molecular flexibility index (Phi) is 5.08. The summed E-state index contributed by atoms with van der Waals surface area (Å²) in [6, 6.07) is 9.12. The van der Waals surface area contributed by atoms with E-state index in [-0.39, 0.29) is 11.9 Å². The Morgan fingerprint density at radius 3 is 2.81 bits per heavy atom. The SMILES string of the molecule is CN(Cc1ccc2nonc2c1)C(=O)[C@@H](c1cccnc1)N1CCOCC1. The lowest BCUT2D eigenvalue weighted by Gasteiger charge is -2.35. The zero-order valence-corrected chi connectivity index (χ0v) is 15.1. The molecule has 3 heterocycles. The van der Waals surface area contributed by atoms with Crippen LogP contribution in [0.4, 0.5) is 0 Å². The van der Waals surface area contributed by atoms with E-state index in [0.29, 0.717) is 30.8 Å². The average Bonchev–Trinajstić information content (AvgIpc) is 3.17. The van der Waals surface area contributed by atoms with Crippen LogP contribution in [0.25, 0.3) is 11.0 Å². The molecule has 1 atom stereocenters. The van der Waals surface area contributed by atoms with Gasteiger partial charge >= 0.3 is 0 Å². The summed E-state index contributed by atoms with van der Waals surface area (Å²) in [5, 5.41) is 7.68. The predicted octanol–water partition coefficient (Wildman–Crippen LogP) is 1.65. The molecule has 0 N–H and O–H groups in total. The van der Waals surface area contributed by atoms with Gasteiger partial charge in [0.25, 0.3) is 0 Å². The fourth-order valence-corrected chi connectivity index (χ4v) is 3.37. The molecule has 1 aliphatic rings. The lowest BCUT2D eigenvalue weighted by Crippen LogP contribution is -2.46. The number of hydrogen-bond donors (Lipinski definition) is 0. The molecule has 8 nitrogen and oxygen atoms in total. The molecule has 1 amide bonds. The third-order valence-electron chi connectivity index (χ3n) is 4.76. The van der Waals surface area contributed by atoms with Crippen molar-refractivity contribution >= 4 is 16.9 Å². The van der Waals surface area contributed by atoms with Crippen LogP contribution in [0.2, 0.25) is 0 Å². The molecule has 0 unspecified atom stereocenters. The quantitative estimate of drug-likeness (QED) is 0.678. The van der Waals surface area contributed by atoms with Crippen molar-refractivity contribution in [2.24, 2.45) is 0 Å². The summed E-state index contributed by atoms with van der Waals surface area (Å²) in [5.74, 6) is 0.0308. The molecule has 4 rings (SSSR count). The average molecular weight is 367 g/mol. The number of benzene rings is 1. The van der Waals surface area contributed by atoms with Gasteiger partial charge in [-0.05, 0) is 39.6 Å². The molecular formula is C19H21N5O3. The molecule has 1 aromatic carbocycles. The standard InChI is InChI=1S/C19H21N5O3/c1-23(13-14-4-5-16-17(11-14)22-27-21-16)19(25)18(15-3-2-6-20-12-15)24-7-9-26-10-8-24/h2-6,11-12,18H,7-10,13H2,1H3/t18-/m1/s1. The number of ether oxygens (including phenoxy) is 1. The first-order valence-corrected chi connectivity index (χ1v) is 8.90. The Labute approximate surface area is 156 Å². The molecule has 0 radical (unpaired) electrons. The summed E-state index contributed by atoms with van der Waals surface area (Å²) >= 11 is 0. The molecule has 0 aliphatic carbocycles. The lowest BCUT2D eigenvalue weighted by atomic mass is 10.0. The molecule has 0 bridgehead atoms. The number of pyridine rings is 1. The summed E-state index contributed by atoms with van der Waals surface area (Å²) in [4.78, 5) is 21.4. The second-order valence-electron chi connectivity index (χ2n) is 6.62. The monoisotopic (exact) mass is 367 g/mol. The van der Waals surface area contributed by atoms with E-state index in [0.717, 1.165) is 24.2 Å². The summed E-state index contributed by atoms with van der Waals surface area (Å²) < 4.78 is 10.2. The van der Waals surface area contributed by atoms with Gasteiger partial charge in [0.1, 0.15) is 17.1 Å². The van der Waals surface area contributed by atoms with Crippen molar-refractivity contribution in [2.75, 3.05) is 33.4 Å². The molecule has 140 valence electrons. The van der Waals surface area contributed by atoms with Crippen LogP contribution in [-0.4, -0.2) is 64.4 Å². The molecule has 1 saturated heterocycles. The highest BCUT2D eigenvalue weighted by Gasteiger charge is 2.31. The number of rotatable bonds is 5. The summed E-state index contributed by atoms with van der Waals surface area (Å²) in [6.07, 6.45) is 3.48. The van der Waals surface area contributed by atoms with E-state index in [2.05, 4.69) is 20.2 Å². The number of aromatic nitrogens is 3. The van der Waals surface area contributed by atoms with Gasteiger partial charge in [-0.25, -0.2) is 4.63 Å². The molecule has 27 heavy (non-hydrogen) atoms. The van der Waals surface area contributed by atoms with Gasteiger partial charge in [0.05, 0.1) is 13.2 Å². The van der Waals surface area contributed by atoms with Crippen molar-refractivity contribution < 1.29 is 14.2 Å². The molecule has 1 aliphatic heterocycles. The van der Waals surface area contributed by atoms with Crippen LogP contribution in [0.1, 0.15) is 17.2 Å². The topological polar surface area (TPSA) is 84.6 Å². The maximum Gasteiger partial charge on any atom is 0.244 e. The number of nitrogens with zero attached hydrogens (tertiary/aromatic N) is 5. The Hall–Kier alpha value is -2.84. The van der Waals surface area contributed by atoms with E-state index in [1.165, 1.54) is 0 Å². The second kappa shape index (κ2) is 7.81. The van der Waals surface area contributed by atoms with Gasteiger partial charge in [-0.3, -0.25) is 14.7 Å². The first-order valence-electron chi connectivity index (χ1n) is 8.90.